The summed E-state index contributed by atoms with van der Waals surface area (Å²) >= 11 is 1.69. The highest BCUT2D eigenvalue weighted by Crippen LogP contribution is 2.41. The maximum atomic E-state index is 11.7. The van der Waals surface area contributed by atoms with E-state index in [4.69, 9.17) is 14.2 Å². The Balaban J connectivity index is 1.90. The van der Waals surface area contributed by atoms with Gasteiger partial charge in [0.15, 0.2) is 0 Å². The van der Waals surface area contributed by atoms with Gasteiger partial charge >= 0.3 is 5.97 Å². The van der Waals surface area contributed by atoms with Crippen molar-refractivity contribution < 1.29 is 19.0 Å². The Kier molecular flexibility index (Phi) is 6.60. The molecule has 0 bridgehead atoms. The van der Waals surface area contributed by atoms with Crippen molar-refractivity contribution >= 4 is 17.7 Å². The molecule has 1 unspecified atom stereocenters. The number of aromatic nitrogens is 2. The second kappa shape index (κ2) is 9.32. The van der Waals surface area contributed by atoms with Crippen LogP contribution in [0, 0.1) is 0 Å². The number of methoxy groups -OCH3 is 3. The van der Waals surface area contributed by atoms with E-state index < -0.39 is 0 Å². The highest BCUT2D eigenvalue weighted by atomic mass is 32.2. The molecule has 0 fully saturated rings. The molecule has 0 aliphatic heterocycles. The van der Waals surface area contributed by atoms with Gasteiger partial charge in [-0.3, -0.25) is 0 Å². The maximum Gasteiger partial charge on any atom is 0.337 e. The first kappa shape index (κ1) is 19.8. The smallest absolute Gasteiger partial charge is 0.337 e. The predicted molar refractivity (Wildman–Crippen MR) is 108 cm³/mol. The van der Waals surface area contributed by atoms with E-state index in [2.05, 4.69) is 4.98 Å². The molecule has 0 aliphatic rings. The summed E-state index contributed by atoms with van der Waals surface area (Å²) in [7, 11) is 4.67. The van der Waals surface area contributed by atoms with Crippen LogP contribution in [0.5, 0.6) is 11.5 Å². The van der Waals surface area contributed by atoms with Gasteiger partial charge in [-0.15, -0.1) is 11.8 Å². The molecule has 7 heteroatoms. The standard InChI is InChI=1S/C21H22N2O4S/c1-25-16-6-9-18(19(12-16)26-2)20(13-23-11-10-22-14-23)28-17-7-4-15(5-8-17)21(24)27-3/h4-12,14,20H,13H2,1-3H3. The van der Waals surface area contributed by atoms with E-state index in [0.29, 0.717) is 12.1 Å². The number of thioether (sulfide) groups is 1. The van der Waals surface area contributed by atoms with Crippen molar-refractivity contribution in [1.29, 1.82) is 0 Å². The van der Waals surface area contributed by atoms with Gasteiger partial charge in [0.1, 0.15) is 11.5 Å². The zero-order valence-corrected chi connectivity index (χ0v) is 16.8. The van der Waals surface area contributed by atoms with Crippen molar-refractivity contribution in [3.63, 3.8) is 0 Å². The molecule has 0 N–H and O–H groups in total. The average molecular weight is 398 g/mol. The highest BCUT2D eigenvalue weighted by Gasteiger charge is 2.19. The summed E-state index contributed by atoms with van der Waals surface area (Å²) in [5.41, 5.74) is 1.58. The second-order valence-electron chi connectivity index (χ2n) is 5.99. The van der Waals surface area contributed by atoms with Crippen molar-refractivity contribution in [2.45, 2.75) is 16.7 Å². The lowest BCUT2D eigenvalue weighted by atomic mass is 10.1. The Morgan fingerprint density at radius 2 is 1.89 bits per heavy atom. The van der Waals surface area contributed by atoms with E-state index >= 15 is 0 Å². The topological polar surface area (TPSA) is 62.6 Å². The number of rotatable bonds is 8. The molecule has 146 valence electrons. The zero-order valence-electron chi connectivity index (χ0n) is 16.0. The molecule has 0 saturated carbocycles. The van der Waals surface area contributed by atoms with Crippen LogP contribution in [-0.4, -0.2) is 36.8 Å². The lowest BCUT2D eigenvalue weighted by Gasteiger charge is -2.21. The van der Waals surface area contributed by atoms with Gasteiger partial charge in [0, 0.05) is 35.5 Å². The van der Waals surface area contributed by atoms with Crippen LogP contribution in [0.25, 0.3) is 0 Å². The number of hydrogen-bond acceptors (Lipinski definition) is 6. The Morgan fingerprint density at radius 1 is 1.11 bits per heavy atom. The number of benzene rings is 2. The maximum absolute atomic E-state index is 11.7. The molecule has 1 atom stereocenters. The monoisotopic (exact) mass is 398 g/mol. The second-order valence-corrected chi connectivity index (χ2v) is 7.27. The molecule has 0 aliphatic carbocycles. The molecule has 0 radical (unpaired) electrons. The van der Waals surface area contributed by atoms with Gasteiger partial charge in [0.2, 0.25) is 0 Å². The Hall–Kier alpha value is -2.93. The molecule has 1 heterocycles. The van der Waals surface area contributed by atoms with Crippen molar-refractivity contribution in [1.82, 2.24) is 9.55 Å². The Labute approximate surface area is 168 Å². The minimum atomic E-state index is -0.344. The third kappa shape index (κ3) is 4.67. The van der Waals surface area contributed by atoms with E-state index in [9.17, 15) is 4.79 Å². The van der Waals surface area contributed by atoms with E-state index in [0.717, 1.165) is 22.0 Å². The van der Waals surface area contributed by atoms with Crippen LogP contribution in [0.2, 0.25) is 0 Å². The molecule has 28 heavy (non-hydrogen) atoms. The lowest BCUT2D eigenvalue weighted by molar-refractivity contribution is 0.0600. The fraction of sp³-hybridized carbons (Fsp3) is 0.238. The summed E-state index contributed by atoms with van der Waals surface area (Å²) in [5.74, 6) is 1.17. The first-order chi connectivity index (χ1) is 13.6. The van der Waals surface area contributed by atoms with Crippen molar-refractivity contribution in [2.75, 3.05) is 21.3 Å². The molecule has 6 nitrogen and oxygen atoms in total. The number of nitrogens with zero attached hydrogens (tertiary/aromatic N) is 2. The van der Waals surface area contributed by atoms with E-state index in [1.54, 1.807) is 50.6 Å². The lowest BCUT2D eigenvalue weighted by Crippen LogP contribution is -2.07. The van der Waals surface area contributed by atoms with Crippen LogP contribution < -0.4 is 9.47 Å². The Bertz CT molecular complexity index is 911. The molecule has 1 aromatic heterocycles. The van der Waals surface area contributed by atoms with Gasteiger partial charge in [-0.25, -0.2) is 9.78 Å². The predicted octanol–water partition coefficient (Wildman–Crippen LogP) is 4.22. The zero-order chi connectivity index (χ0) is 19.9. The van der Waals surface area contributed by atoms with Crippen molar-refractivity contribution in [3.8, 4) is 11.5 Å². The third-order valence-electron chi connectivity index (χ3n) is 4.28. The van der Waals surface area contributed by atoms with Crippen LogP contribution in [0.1, 0.15) is 21.2 Å². The summed E-state index contributed by atoms with van der Waals surface area (Å²) in [6, 6.07) is 13.2. The van der Waals surface area contributed by atoms with Crippen LogP contribution in [0.15, 0.2) is 66.1 Å². The Morgan fingerprint density at radius 3 is 2.50 bits per heavy atom. The van der Waals surface area contributed by atoms with Crippen LogP contribution in [0.3, 0.4) is 0 Å². The first-order valence-electron chi connectivity index (χ1n) is 8.67. The van der Waals surface area contributed by atoms with Crippen LogP contribution in [-0.2, 0) is 11.3 Å². The molecule has 3 rings (SSSR count). The summed E-state index contributed by atoms with van der Waals surface area (Å²) in [6.45, 7) is 0.714. The van der Waals surface area contributed by atoms with Gasteiger partial charge < -0.3 is 18.8 Å². The number of hydrogen-bond donors (Lipinski definition) is 0. The molecule has 2 aromatic carbocycles. The minimum absolute atomic E-state index is 0.0685. The number of imidazole rings is 1. The fourth-order valence-corrected chi connectivity index (χ4v) is 4.01. The van der Waals surface area contributed by atoms with Crippen molar-refractivity contribution in [3.05, 3.63) is 72.3 Å². The number of esters is 1. The van der Waals surface area contributed by atoms with Crippen LogP contribution in [0.4, 0.5) is 0 Å². The quantitative estimate of drug-likeness (QED) is 0.418. The van der Waals surface area contributed by atoms with E-state index in [-0.39, 0.29) is 11.2 Å². The van der Waals surface area contributed by atoms with Gasteiger partial charge in [-0.05, 0) is 30.3 Å². The van der Waals surface area contributed by atoms with Gasteiger partial charge in [0.05, 0.1) is 38.5 Å². The first-order valence-corrected chi connectivity index (χ1v) is 9.55. The van der Waals surface area contributed by atoms with Crippen molar-refractivity contribution in [2.24, 2.45) is 0 Å². The summed E-state index contributed by atoms with van der Waals surface area (Å²) < 4.78 is 17.7. The number of carbonyl (C=O) groups excluding carboxylic acids is 1. The van der Waals surface area contributed by atoms with E-state index in [1.807, 2.05) is 41.1 Å². The summed E-state index contributed by atoms with van der Waals surface area (Å²) in [5, 5.41) is 0.0685. The summed E-state index contributed by atoms with van der Waals surface area (Å²) in [6.07, 6.45) is 5.49. The van der Waals surface area contributed by atoms with Gasteiger partial charge in [0.25, 0.3) is 0 Å². The molecule has 0 saturated heterocycles. The van der Waals surface area contributed by atoms with Gasteiger partial charge in [-0.2, -0.15) is 0 Å². The largest absolute Gasteiger partial charge is 0.497 e. The van der Waals surface area contributed by atoms with Crippen LogP contribution >= 0.6 is 11.8 Å². The third-order valence-corrected chi connectivity index (χ3v) is 5.51. The average Bonchev–Trinajstić information content (AvgIpc) is 3.26. The van der Waals surface area contributed by atoms with Gasteiger partial charge in [-0.1, -0.05) is 6.07 Å². The highest BCUT2D eigenvalue weighted by molar-refractivity contribution is 7.99. The normalized spacial score (nSPS) is 11.7. The molecule has 0 amide bonds. The molecule has 0 spiro atoms. The number of ether oxygens (including phenoxy) is 3. The van der Waals surface area contributed by atoms with E-state index in [1.165, 1.54) is 7.11 Å². The molecule has 3 aromatic rings. The minimum Gasteiger partial charge on any atom is -0.497 e. The fourth-order valence-electron chi connectivity index (χ4n) is 2.82. The molecular formula is C21H22N2O4S. The number of carbonyl (C=O) groups is 1. The SMILES string of the molecule is COC(=O)c1ccc(SC(Cn2ccnc2)c2ccc(OC)cc2OC)cc1. The summed E-state index contributed by atoms with van der Waals surface area (Å²) in [4.78, 5) is 16.8. The molecular weight excluding hydrogens is 376 g/mol.